The van der Waals surface area contributed by atoms with E-state index in [1.807, 2.05) is 30.3 Å². The van der Waals surface area contributed by atoms with Gasteiger partial charge in [0.15, 0.2) is 0 Å². The summed E-state index contributed by atoms with van der Waals surface area (Å²) >= 11 is 0. The minimum atomic E-state index is -1.30. The maximum atomic E-state index is 12.5. The number of pyridine rings is 1. The molecule has 0 unspecified atom stereocenters. The van der Waals surface area contributed by atoms with Crippen molar-refractivity contribution < 1.29 is 23.8 Å². The van der Waals surface area contributed by atoms with E-state index in [9.17, 15) is 19.5 Å². The fourth-order valence-electron chi connectivity index (χ4n) is 3.05. The Morgan fingerprint density at radius 1 is 1.12 bits per heavy atom. The number of nitrogens with one attached hydrogen (secondary N) is 2. The Bertz CT molecular complexity index is 1180. The monoisotopic (exact) mass is 440 g/mol. The van der Waals surface area contributed by atoms with E-state index in [0.29, 0.717) is 6.42 Å². The van der Waals surface area contributed by atoms with Gasteiger partial charge in [0, 0.05) is 18.1 Å². The third-order valence-electron chi connectivity index (χ3n) is 4.40. The first-order valence-corrected chi connectivity index (χ1v) is 9.82. The summed E-state index contributed by atoms with van der Waals surface area (Å²) in [7, 11) is 0. The molecule has 2 aromatic heterocycles. The first kappa shape index (κ1) is 22.7. The molecule has 3 aromatic rings. The number of alkyl carbamates (subject to hydrolysis) is 1. The van der Waals surface area contributed by atoms with Crippen LogP contribution in [0.3, 0.4) is 0 Å². The van der Waals surface area contributed by atoms with Crippen LogP contribution in [0.15, 0.2) is 51.7 Å². The van der Waals surface area contributed by atoms with Gasteiger partial charge in [0.2, 0.25) is 17.3 Å². The molecule has 3 N–H and O–H groups in total. The zero-order chi connectivity index (χ0) is 23.5. The van der Waals surface area contributed by atoms with E-state index in [2.05, 4.69) is 20.5 Å². The number of aromatic nitrogens is 3. The highest BCUT2D eigenvalue weighted by Gasteiger charge is 2.36. The number of aromatic amines is 1. The van der Waals surface area contributed by atoms with Gasteiger partial charge in [-0.1, -0.05) is 30.3 Å². The van der Waals surface area contributed by atoms with Crippen LogP contribution in [0.5, 0.6) is 0 Å². The Labute approximate surface area is 183 Å². The highest BCUT2D eigenvalue weighted by atomic mass is 16.6. The molecule has 1 amide bonds. The van der Waals surface area contributed by atoms with Crippen molar-refractivity contribution in [3.05, 3.63) is 70.0 Å². The molecule has 3 rings (SSSR count). The van der Waals surface area contributed by atoms with Crippen LogP contribution >= 0.6 is 0 Å². The van der Waals surface area contributed by atoms with Crippen LogP contribution in [0.2, 0.25) is 0 Å². The predicted molar refractivity (Wildman–Crippen MR) is 114 cm³/mol. The fourth-order valence-corrected chi connectivity index (χ4v) is 3.05. The van der Waals surface area contributed by atoms with Gasteiger partial charge in [-0.05, 0) is 39.3 Å². The summed E-state index contributed by atoms with van der Waals surface area (Å²) in [4.78, 5) is 37.8. The van der Waals surface area contributed by atoms with Gasteiger partial charge >= 0.3 is 12.1 Å². The number of amides is 1. The van der Waals surface area contributed by atoms with Crippen molar-refractivity contribution in [1.29, 1.82) is 0 Å². The fraction of sp³-hybridized carbons (Fsp3) is 0.318. The highest BCUT2D eigenvalue weighted by molar-refractivity contribution is 5.86. The second-order valence-electron chi connectivity index (χ2n) is 8.49. The number of H-pyrrole nitrogens is 1. The molecule has 0 saturated heterocycles. The summed E-state index contributed by atoms with van der Waals surface area (Å²) in [6.45, 7) is 6.96. The van der Waals surface area contributed by atoms with E-state index in [-0.39, 0.29) is 23.0 Å². The summed E-state index contributed by atoms with van der Waals surface area (Å²) in [6.07, 6.45) is -0.357. The summed E-state index contributed by atoms with van der Waals surface area (Å²) in [5.41, 5.74) is -1.76. The molecule has 0 saturated carbocycles. The molecule has 32 heavy (non-hydrogen) atoms. The van der Waals surface area contributed by atoms with Gasteiger partial charge in [-0.15, -0.1) is 10.2 Å². The van der Waals surface area contributed by atoms with Crippen LogP contribution in [0.4, 0.5) is 4.79 Å². The zero-order valence-corrected chi connectivity index (χ0v) is 18.1. The first-order valence-electron chi connectivity index (χ1n) is 9.82. The standard InChI is InChI=1S/C22H24N4O6/c1-21(2,3)32-20(30)24-22(4,12-13-8-6-5-7-9-13)19-26-25-17(31-19)14-10-15(18(28)29)23-16(27)11-14/h5-11H,12H2,1-4H3,(H,23,27)(H,24,30)(H,28,29)/t22-/m1/s1. The Morgan fingerprint density at radius 2 is 1.81 bits per heavy atom. The van der Waals surface area contributed by atoms with E-state index in [0.717, 1.165) is 11.6 Å². The largest absolute Gasteiger partial charge is 0.477 e. The van der Waals surface area contributed by atoms with E-state index < -0.39 is 28.8 Å². The predicted octanol–water partition coefficient (Wildman–Crippen LogP) is 3.11. The van der Waals surface area contributed by atoms with Gasteiger partial charge < -0.3 is 24.6 Å². The lowest BCUT2D eigenvalue weighted by Crippen LogP contribution is -2.47. The molecule has 0 fully saturated rings. The van der Waals surface area contributed by atoms with Gasteiger partial charge in [0.25, 0.3) is 0 Å². The van der Waals surface area contributed by atoms with Crippen molar-refractivity contribution >= 4 is 12.1 Å². The van der Waals surface area contributed by atoms with Gasteiger partial charge in [0.05, 0.1) is 0 Å². The highest BCUT2D eigenvalue weighted by Crippen LogP contribution is 2.28. The second-order valence-corrected chi connectivity index (χ2v) is 8.49. The zero-order valence-electron chi connectivity index (χ0n) is 18.1. The molecule has 10 nitrogen and oxygen atoms in total. The first-order chi connectivity index (χ1) is 14.9. The number of carboxylic acids is 1. The third kappa shape index (κ3) is 5.60. The molecule has 1 aromatic carbocycles. The lowest BCUT2D eigenvalue weighted by atomic mass is 9.92. The minimum Gasteiger partial charge on any atom is -0.477 e. The van der Waals surface area contributed by atoms with Crippen molar-refractivity contribution in [2.24, 2.45) is 0 Å². The average Bonchev–Trinajstić information content (AvgIpc) is 3.17. The van der Waals surface area contributed by atoms with Crippen molar-refractivity contribution in [3.63, 3.8) is 0 Å². The third-order valence-corrected chi connectivity index (χ3v) is 4.40. The van der Waals surface area contributed by atoms with Crippen molar-refractivity contribution in [1.82, 2.24) is 20.5 Å². The number of carbonyl (C=O) groups is 2. The summed E-state index contributed by atoms with van der Waals surface area (Å²) in [5.74, 6) is -1.29. The molecule has 0 spiro atoms. The summed E-state index contributed by atoms with van der Waals surface area (Å²) < 4.78 is 11.2. The van der Waals surface area contributed by atoms with Crippen LogP contribution in [0.25, 0.3) is 11.5 Å². The number of ether oxygens (including phenoxy) is 1. The molecule has 168 valence electrons. The number of hydrogen-bond acceptors (Lipinski definition) is 7. The Balaban J connectivity index is 1.99. The van der Waals surface area contributed by atoms with Crippen molar-refractivity contribution in [2.75, 3.05) is 0 Å². The lowest BCUT2D eigenvalue weighted by Gasteiger charge is -2.29. The number of rotatable bonds is 6. The molecule has 0 radical (unpaired) electrons. The van der Waals surface area contributed by atoms with Crippen LogP contribution in [0.1, 0.15) is 49.6 Å². The molecule has 2 heterocycles. The summed E-state index contributed by atoms with van der Waals surface area (Å²) in [6, 6.07) is 11.8. The van der Waals surface area contributed by atoms with Gasteiger partial charge in [-0.3, -0.25) is 4.79 Å². The lowest BCUT2D eigenvalue weighted by molar-refractivity contribution is 0.0443. The molecule has 1 atom stereocenters. The average molecular weight is 440 g/mol. The molecule has 10 heteroatoms. The van der Waals surface area contributed by atoms with Crippen molar-refractivity contribution in [3.8, 4) is 11.5 Å². The number of benzene rings is 1. The SMILES string of the molecule is CC(C)(C)OC(=O)N[C@](C)(Cc1ccccc1)c1nnc(-c2cc(C(=O)O)[nH]c(=O)c2)o1. The maximum absolute atomic E-state index is 12.5. The smallest absolute Gasteiger partial charge is 0.408 e. The molecular weight excluding hydrogens is 416 g/mol. The quantitative estimate of drug-likeness (QED) is 0.530. The Hall–Kier alpha value is -3.95. The number of hydrogen-bond donors (Lipinski definition) is 3. The Morgan fingerprint density at radius 3 is 2.44 bits per heavy atom. The van der Waals surface area contributed by atoms with Crippen LogP contribution in [-0.2, 0) is 16.7 Å². The Kier molecular flexibility index (Phi) is 6.15. The van der Waals surface area contributed by atoms with E-state index >= 15 is 0 Å². The normalized spacial score (nSPS) is 13.2. The second kappa shape index (κ2) is 8.66. The molecule has 0 aliphatic heterocycles. The number of carboxylic acid groups (broad SMARTS) is 1. The number of carbonyl (C=O) groups excluding carboxylic acids is 1. The maximum Gasteiger partial charge on any atom is 0.408 e. The van der Waals surface area contributed by atoms with Gasteiger partial charge in [0.1, 0.15) is 16.8 Å². The van der Waals surface area contributed by atoms with Crippen LogP contribution in [-0.4, -0.2) is 38.0 Å². The molecular formula is C22H24N4O6. The van der Waals surface area contributed by atoms with E-state index in [4.69, 9.17) is 9.15 Å². The number of nitrogens with zero attached hydrogens (tertiary/aromatic N) is 2. The van der Waals surface area contributed by atoms with Gasteiger partial charge in [-0.25, -0.2) is 9.59 Å². The number of aromatic carboxylic acids is 1. The van der Waals surface area contributed by atoms with Gasteiger partial charge in [-0.2, -0.15) is 0 Å². The van der Waals surface area contributed by atoms with Crippen LogP contribution < -0.4 is 10.9 Å². The molecule has 0 aliphatic rings. The molecule has 0 bridgehead atoms. The molecule has 0 aliphatic carbocycles. The minimum absolute atomic E-state index is 0.0566. The topological polar surface area (TPSA) is 147 Å². The van der Waals surface area contributed by atoms with E-state index in [1.54, 1.807) is 27.7 Å². The van der Waals surface area contributed by atoms with E-state index in [1.165, 1.54) is 6.07 Å². The summed E-state index contributed by atoms with van der Waals surface area (Å²) in [5, 5.41) is 20.0. The van der Waals surface area contributed by atoms with Crippen LogP contribution in [0, 0.1) is 0 Å². The van der Waals surface area contributed by atoms with Crippen molar-refractivity contribution in [2.45, 2.75) is 45.3 Å².